The number of hydrogen-bond acceptors (Lipinski definition) is 7. The number of rotatable bonds is 41. The number of allylic oxidation sites excluding steroid dienone is 5. The van der Waals surface area contributed by atoms with E-state index in [9.17, 15) is 14.3 Å². The van der Waals surface area contributed by atoms with E-state index in [1.54, 1.807) is 6.26 Å². The summed E-state index contributed by atoms with van der Waals surface area (Å²) in [5, 5.41) is 0. The van der Waals surface area contributed by atoms with Crippen molar-refractivity contribution in [3.63, 3.8) is 0 Å². The molecule has 0 amide bonds. The molecule has 0 saturated heterocycles. The van der Waals surface area contributed by atoms with E-state index in [0.717, 1.165) is 32.1 Å². The van der Waals surface area contributed by atoms with Crippen molar-refractivity contribution >= 4 is 13.8 Å². The lowest BCUT2D eigenvalue weighted by atomic mass is 10.1. The summed E-state index contributed by atoms with van der Waals surface area (Å²) < 4.78 is 33.2. The number of phosphoric acid groups is 1. The molecule has 0 aliphatic carbocycles. The van der Waals surface area contributed by atoms with Gasteiger partial charge in [0.15, 0.2) is 6.10 Å². The third-order valence-corrected chi connectivity index (χ3v) is 10.1. The minimum atomic E-state index is -4.29. The van der Waals surface area contributed by atoms with E-state index in [2.05, 4.69) is 38.2 Å². The maximum atomic E-state index is 12.6. The molecule has 0 spiro atoms. The predicted octanol–water partition coefficient (Wildman–Crippen LogP) is 13.0. The van der Waals surface area contributed by atoms with Gasteiger partial charge in [0.1, 0.15) is 6.61 Å². The standard InChI is InChI=1S/C43H82NO7P/c1-3-5-7-9-11-13-15-17-19-21-22-24-26-28-30-32-34-36-43(45)51-42(41-50-52(46,47)49-39-37-44)40-48-38-35-33-31-29-27-25-23-20-18-16-14-12-10-8-6-4-2/h14,16-17,19,35,38,42H,3-13,15,18,20-34,36-37,39-41,44H2,1-2H3,(H,46,47). The number of hydrogen-bond donors (Lipinski definition) is 2. The minimum absolute atomic E-state index is 0.0283. The molecule has 3 N–H and O–H groups in total. The third-order valence-electron chi connectivity index (χ3n) is 9.09. The highest BCUT2D eigenvalue weighted by Gasteiger charge is 2.25. The Labute approximate surface area is 320 Å². The van der Waals surface area contributed by atoms with Gasteiger partial charge in [-0.05, 0) is 76.7 Å². The van der Waals surface area contributed by atoms with Crippen LogP contribution in [0.4, 0.5) is 0 Å². The van der Waals surface area contributed by atoms with Crippen molar-refractivity contribution in [3.8, 4) is 0 Å². The molecular formula is C43H82NO7P. The van der Waals surface area contributed by atoms with E-state index < -0.39 is 13.9 Å². The number of phosphoric ester groups is 1. The van der Waals surface area contributed by atoms with Crippen LogP contribution in [0, 0.1) is 0 Å². The fourth-order valence-electron chi connectivity index (χ4n) is 5.89. The molecule has 2 unspecified atom stereocenters. The van der Waals surface area contributed by atoms with Crippen LogP contribution in [-0.4, -0.2) is 43.3 Å². The van der Waals surface area contributed by atoms with Crippen molar-refractivity contribution < 1.29 is 32.8 Å². The number of carbonyl (C=O) groups is 1. The molecule has 0 saturated carbocycles. The van der Waals surface area contributed by atoms with Crippen molar-refractivity contribution in [2.24, 2.45) is 5.73 Å². The highest BCUT2D eigenvalue weighted by atomic mass is 31.2. The first-order chi connectivity index (χ1) is 25.4. The lowest BCUT2D eigenvalue weighted by molar-refractivity contribution is -0.153. The summed E-state index contributed by atoms with van der Waals surface area (Å²) >= 11 is 0. The van der Waals surface area contributed by atoms with Crippen LogP contribution in [-0.2, 0) is 27.9 Å². The molecule has 0 radical (unpaired) electrons. The van der Waals surface area contributed by atoms with E-state index in [4.69, 9.17) is 24.3 Å². The van der Waals surface area contributed by atoms with Crippen LogP contribution < -0.4 is 5.73 Å². The molecule has 2 atom stereocenters. The topological polar surface area (TPSA) is 117 Å². The summed E-state index contributed by atoms with van der Waals surface area (Å²) in [7, 11) is -4.29. The first-order valence-corrected chi connectivity index (χ1v) is 23.0. The first-order valence-electron chi connectivity index (χ1n) is 21.5. The van der Waals surface area contributed by atoms with Crippen LogP contribution in [0.2, 0.25) is 0 Å². The fourth-order valence-corrected chi connectivity index (χ4v) is 6.66. The molecule has 0 heterocycles. The molecule has 0 rings (SSSR count). The maximum absolute atomic E-state index is 12.6. The van der Waals surface area contributed by atoms with Gasteiger partial charge in [0.25, 0.3) is 0 Å². The zero-order chi connectivity index (χ0) is 38.1. The van der Waals surface area contributed by atoms with Crippen LogP contribution in [0.25, 0.3) is 0 Å². The van der Waals surface area contributed by atoms with Crippen molar-refractivity contribution in [2.75, 3.05) is 26.4 Å². The summed E-state index contributed by atoms with van der Waals surface area (Å²) in [5.41, 5.74) is 5.36. The number of carbonyl (C=O) groups excluding carboxylic acids is 1. The Morgan fingerprint density at radius 2 is 0.981 bits per heavy atom. The average Bonchev–Trinajstić information content (AvgIpc) is 3.13. The molecule has 0 aliphatic heterocycles. The van der Waals surface area contributed by atoms with Gasteiger partial charge in [0, 0.05) is 13.0 Å². The van der Waals surface area contributed by atoms with Gasteiger partial charge in [-0.3, -0.25) is 13.8 Å². The molecule has 0 aromatic carbocycles. The summed E-state index contributed by atoms with van der Waals surface area (Å²) in [4.78, 5) is 22.4. The van der Waals surface area contributed by atoms with Crippen molar-refractivity contribution in [2.45, 2.75) is 206 Å². The SMILES string of the molecule is CCCCCCC=CCCCCCCCCC=COCC(COP(=O)(O)OCCN)OC(=O)CCCCCCCCCC=CCCCCCCCC. The third kappa shape index (κ3) is 39.8. The van der Waals surface area contributed by atoms with Crippen LogP contribution in [0.1, 0.15) is 200 Å². The van der Waals surface area contributed by atoms with Crippen LogP contribution in [0.15, 0.2) is 36.6 Å². The molecule has 0 fully saturated rings. The molecule has 0 aliphatic rings. The van der Waals surface area contributed by atoms with Crippen LogP contribution in [0.3, 0.4) is 0 Å². The summed E-state index contributed by atoms with van der Waals surface area (Å²) in [6.45, 7) is 4.22. The smallest absolute Gasteiger partial charge is 0.472 e. The number of nitrogens with two attached hydrogens (primary N) is 1. The number of unbranched alkanes of at least 4 members (excludes halogenated alkanes) is 24. The predicted molar refractivity (Wildman–Crippen MR) is 219 cm³/mol. The average molecular weight is 756 g/mol. The Morgan fingerprint density at radius 3 is 1.44 bits per heavy atom. The van der Waals surface area contributed by atoms with E-state index in [1.165, 1.54) is 148 Å². The Hall–Kier alpha value is -1.44. The van der Waals surface area contributed by atoms with Crippen molar-refractivity contribution in [1.82, 2.24) is 0 Å². The monoisotopic (exact) mass is 756 g/mol. The first kappa shape index (κ1) is 50.6. The van der Waals surface area contributed by atoms with Gasteiger partial charge in [-0.25, -0.2) is 4.57 Å². The Kier molecular flexibility index (Phi) is 39.6. The summed E-state index contributed by atoms with van der Waals surface area (Å²) in [6.07, 6.45) is 46.8. The zero-order valence-corrected chi connectivity index (χ0v) is 34.7. The van der Waals surface area contributed by atoms with Gasteiger partial charge in [-0.2, -0.15) is 0 Å². The molecule has 9 heteroatoms. The Morgan fingerprint density at radius 1 is 0.577 bits per heavy atom. The van der Waals surface area contributed by atoms with Gasteiger partial charge in [0.05, 0.1) is 19.5 Å². The largest absolute Gasteiger partial charge is 0.498 e. The molecule has 8 nitrogen and oxygen atoms in total. The number of ether oxygens (including phenoxy) is 2. The van der Waals surface area contributed by atoms with Crippen molar-refractivity contribution in [3.05, 3.63) is 36.6 Å². The second-order valence-corrected chi connectivity index (χ2v) is 15.7. The second kappa shape index (κ2) is 40.7. The lowest BCUT2D eigenvalue weighted by Crippen LogP contribution is -2.27. The Balaban J connectivity index is 4.09. The normalized spacial score (nSPS) is 13.8. The van der Waals surface area contributed by atoms with E-state index in [1.807, 2.05) is 6.08 Å². The fraction of sp³-hybridized carbons (Fsp3) is 0.837. The summed E-state index contributed by atoms with van der Waals surface area (Å²) in [5.74, 6) is -0.358. The molecule has 0 aromatic heterocycles. The molecular weight excluding hydrogens is 673 g/mol. The number of esters is 1. The van der Waals surface area contributed by atoms with Gasteiger partial charge in [0.2, 0.25) is 0 Å². The zero-order valence-electron chi connectivity index (χ0n) is 33.8. The Bertz CT molecular complexity index is 895. The van der Waals surface area contributed by atoms with Crippen LogP contribution in [0.5, 0.6) is 0 Å². The van der Waals surface area contributed by atoms with Crippen molar-refractivity contribution in [1.29, 1.82) is 0 Å². The highest BCUT2D eigenvalue weighted by molar-refractivity contribution is 7.47. The van der Waals surface area contributed by atoms with Gasteiger partial charge in [-0.1, -0.05) is 147 Å². The summed E-state index contributed by atoms with van der Waals surface area (Å²) in [6, 6.07) is 0. The van der Waals surface area contributed by atoms with Gasteiger partial charge < -0.3 is 20.1 Å². The quantitative estimate of drug-likeness (QED) is 0.0208. The second-order valence-electron chi connectivity index (χ2n) is 14.3. The van der Waals surface area contributed by atoms with E-state index in [-0.39, 0.29) is 32.3 Å². The van der Waals surface area contributed by atoms with E-state index >= 15 is 0 Å². The molecule has 0 aromatic rings. The molecule has 306 valence electrons. The minimum Gasteiger partial charge on any atom is -0.498 e. The lowest BCUT2D eigenvalue weighted by Gasteiger charge is -2.19. The maximum Gasteiger partial charge on any atom is 0.472 e. The molecule has 0 bridgehead atoms. The van der Waals surface area contributed by atoms with Gasteiger partial charge in [-0.15, -0.1) is 0 Å². The van der Waals surface area contributed by atoms with Crippen LogP contribution >= 0.6 is 7.82 Å². The van der Waals surface area contributed by atoms with Gasteiger partial charge >= 0.3 is 13.8 Å². The highest BCUT2D eigenvalue weighted by Crippen LogP contribution is 2.43. The molecule has 52 heavy (non-hydrogen) atoms. The van der Waals surface area contributed by atoms with E-state index in [0.29, 0.717) is 6.42 Å².